The molecule has 0 radical (unpaired) electrons. The van der Waals surface area contributed by atoms with Gasteiger partial charge in [-0.3, -0.25) is 4.79 Å². The third-order valence-electron chi connectivity index (χ3n) is 4.66. The number of fused-ring (bicyclic) bond motifs is 1. The average molecular weight is 395 g/mol. The number of ether oxygens (including phenoxy) is 3. The number of rotatable bonds is 7. The monoisotopic (exact) mass is 395 g/mol. The Balaban J connectivity index is 1.31. The van der Waals surface area contributed by atoms with Crippen molar-refractivity contribution in [2.45, 2.75) is 25.8 Å². The zero-order chi connectivity index (χ0) is 20.2. The summed E-state index contributed by atoms with van der Waals surface area (Å²) in [6, 6.07) is 12.9. The summed E-state index contributed by atoms with van der Waals surface area (Å²) in [5.74, 6) is 2.97. The molecule has 2 heterocycles. The number of nitrogens with one attached hydrogen (secondary N) is 1. The second kappa shape index (κ2) is 8.22. The first-order valence-electron chi connectivity index (χ1n) is 9.28. The van der Waals surface area contributed by atoms with Crippen LogP contribution in [0.5, 0.6) is 17.2 Å². The van der Waals surface area contributed by atoms with Crippen molar-refractivity contribution in [2.75, 3.05) is 13.9 Å². The van der Waals surface area contributed by atoms with E-state index in [1.165, 1.54) is 0 Å². The molecule has 1 amide bonds. The largest absolute Gasteiger partial charge is 0.497 e. The molecule has 1 aliphatic heterocycles. The maximum atomic E-state index is 12.3. The van der Waals surface area contributed by atoms with Gasteiger partial charge in [-0.05, 0) is 48.9 Å². The van der Waals surface area contributed by atoms with Crippen molar-refractivity contribution in [3.05, 3.63) is 53.9 Å². The molecule has 4 rings (SSSR count). The SMILES string of the molecule is COc1ccc(-c2noc(CCC(=O)NC(C)c3ccc4c(c3)OCO4)n2)cc1. The number of hydrogen-bond acceptors (Lipinski definition) is 7. The summed E-state index contributed by atoms with van der Waals surface area (Å²) in [7, 11) is 1.61. The lowest BCUT2D eigenvalue weighted by molar-refractivity contribution is -0.121. The van der Waals surface area contributed by atoms with Crippen molar-refractivity contribution in [3.63, 3.8) is 0 Å². The van der Waals surface area contributed by atoms with E-state index in [1.807, 2.05) is 49.4 Å². The molecule has 1 aliphatic rings. The first kappa shape index (κ1) is 18.8. The molecule has 0 saturated heterocycles. The molecule has 0 bridgehead atoms. The van der Waals surface area contributed by atoms with Crippen LogP contribution >= 0.6 is 0 Å². The maximum absolute atomic E-state index is 12.3. The number of benzene rings is 2. The fourth-order valence-electron chi connectivity index (χ4n) is 3.01. The molecule has 1 unspecified atom stereocenters. The van der Waals surface area contributed by atoms with E-state index in [4.69, 9.17) is 18.7 Å². The number of amides is 1. The molecule has 0 spiro atoms. The van der Waals surface area contributed by atoms with E-state index in [0.717, 1.165) is 22.6 Å². The van der Waals surface area contributed by atoms with Gasteiger partial charge in [0.15, 0.2) is 11.5 Å². The highest BCUT2D eigenvalue weighted by Gasteiger charge is 2.17. The van der Waals surface area contributed by atoms with E-state index in [1.54, 1.807) is 7.11 Å². The lowest BCUT2D eigenvalue weighted by atomic mass is 10.1. The summed E-state index contributed by atoms with van der Waals surface area (Å²) in [6.45, 7) is 2.14. The Bertz CT molecular complexity index is 1000. The van der Waals surface area contributed by atoms with Crippen LogP contribution in [0.25, 0.3) is 11.4 Å². The van der Waals surface area contributed by atoms with Crippen LogP contribution in [0.4, 0.5) is 0 Å². The van der Waals surface area contributed by atoms with Crippen LogP contribution in [0, 0.1) is 0 Å². The van der Waals surface area contributed by atoms with Crippen LogP contribution in [0.3, 0.4) is 0 Å². The van der Waals surface area contributed by atoms with Gasteiger partial charge in [0.2, 0.25) is 24.4 Å². The van der Waals surface area contributed by atoms with Gasteiger partial charge in [-0.25, -0.2) is 0 Å². The summed E-state index contributed by atoms with van der Waals surface area (Å²) in [4.78, 5) is 16.7. The van der Waals surface area contributed by atoms with Gasteiger partial charge < -0.3 is 24.1 Å². The van der Waals surface area contributed by atoms with E-state index in [2.05, 4.69) is 15.5 Å². The predicted molar refractivity (Wildman–Crippen MR) is 104 cm³/mol. The number of aromatic nitrogens is 2. The van der Waals surface area contributed by atoms with Gasteiger partial charge in [0, 0.05) is 18.4 Å². The third kappa shape index (κ3) is 4.31. The van der Waals surface area contributed by atoms with Crippen molar-refractivity contribution in [1.82, 2.24) is 15.5 Å². The number of carbonyl (C=O) groups is 1. The van der Waals surface area contributed by atoms with E-state index < -0.39 is 0 Å². The Morgan fingerprint density at radius 3 is 2.76 bits per heavy atom. The average Bonchev–Trinajstić information content (AvgIpc) is 3.41. The van der Waals surface area contributed by atoms with Crippen LogP contribution in [0.2, 0.25) is 0 Å². The van der Waals surface area contributed by atoms with Gasteiger partial charge in [-0.15, -0.1) is 0 Å². The normalized spacial score (nSPS) is 13.2. The Hall–Kier alpha value is -3.55. The molecule has 1 N–H and O–H groups in total. The minimum atomic E-state index is -0.158. The second-order valence-electron chi connectivity index (χ2n) is 6.64. The molecule has 0 saturated carbocycles. The Morgan fingerprint density at radius 1 is 1.17 bits per heavy atom. The predicted octanol–water partition coefficient (Wildman–Crippen LogP) is 3.28. The van der Waals surface area contributed by atoms with Crippen LogP contribution < -0.4 is 19.5 Å². The molecule has 29 heavy (non-hydrogen) atoms. The number of methoxy groups -OCH3 is 1. The van der Waals surface area contributed by atoms with Gasteiger partial charge in [0.05, 0.1) is 13.2 Å². The number of nitrogens with zero attached hydrogens (tertiary/aromatic N) is 2. The van der Waals surface area contributed by atoms with Gasteiger partial charge in [0.25, 0.3) is 0 Å². The third-order valence-corrected chi connectivity index (χ3v) is 4.66. The first-order valence-corrected chi connectivity index (χ1v) is 9.28. The summed E-state index contributed by atoms with van der Waals surface area (Å²) in [6.07, 6.45) is 0.613. The zero-order valence-electron chi connectivity index (χ0n) is 16.2. The van der Waals surface area contributed by atoms with Crippen molar-refractivity contribution in [2.24, 2.45) is 0 Å². The molecular weight excluding hydrogens is 374 g/mol. The molecule has 2 aromatic carbocycles. The molecule has 8 nitrogen and oxygen atoms in total. The lowest BCUT2D eigenvalue weighted by Gasteiger charge is -2.14. The molecule has 1 atom stereocenters. The number of hydrogen-bond donors (Lipinski definition) is 1. The van der Waals surface area contributed by atoms with E-state index in [-0.39, 0.29) is 25.2 Å². The van der Waals surface area contributed by atoms with Gasteiger partial charge in [0.1, 0.15) is 5.75 Å². The lowest BCUT2D eigenvalue weighted by Crippen LogP contribution is -2.26. The number of aryl methyl sites for hydroxylation is 1. The fraction of sp³-hybridized carbons (Fsp3) is 0.286. The van der Waals surface area contributed by atoms with Gasteiger partial charge >= 0.3 is 0 Å². The van der Waals surface area contributed by atoms with Gasteiger partial charge in [-0.2, -0.15) is 4.98 Å². The fourth-order valence-corrected chi connectivity index (χ4v) is 3.01. The summed E-state index contributed by atoms with van der Waals surface area (Å²) < 4.78 is 21.1. The molecule has 0 fully saturated rings. The molecular formula is C21H21N3O5. The van der Waals surface area contributed by atoms with Crippen LogP contribution in [-0.2, 0) is 11.2 Å². The highest BCUT2D eigenvalue weighted by Crippen LogP contribution is 2.34. The first-order chi connectivity index (χ1) is 14.1. The van der Waals surface area contributed by atoms with E-state index >= 15 is 0 Å². The van der Waals surface area contributed by atoms with Crippen molar-refractivity contribution in [1.29, 1.82) is 0 Å². The minimum absolute atomic E-state index is 0.0978. The van der Waals surface area contributed by atoms with Crippen LogP contribution in [0.15, 0.2) is 47.0 Å². The minimum Gasteiger partial charge on any atom is -0.497 e. The molecule has 1 aromatic heterocycles. The summed E-state index contributed by atoms with van der Waals surface area (Å²) in [5.41, 5.74) is 1.77. The summed E-state index contributed by atoms with van der Waals surface area (Å²) >= 11 is 0. The van der Waals surface area contributed by atoms with Crippen molar-refractivity contribution in [3.8, 4) is 28.6 Å². The molecule has 3 aromatic rings. The van der Waals surface area contributed by atoms with Crippen molar-refractivity contribution >= 4 is 5.91 Å². The molecule has 8 heteroatoms. The zero-order valence-corrected chi connectivity index (χ0v) is 16.2. The topological polar surface area (TPSA) is 95.7 Å². The highest BCUT2D eigenvalue weighted by molar-refractivity contribution is 5.76. The Labute approximate surface area is 167 Å². The quantitative estimate of drug-likeness (QED) is 0.656. The molecule has 0 aliphatic carbocycles. The van der Waals surface area contributed by atoms with Gasteiger partial charge in [-0.1, -0.05) is 11.2 Å². The van der Waals surface area contributed by atoms with Crippen LogP contribution in [0.1, 0.15) is 30.8 Å². The maximum Gasteiger partial charge on any atom is 0.231 e. The Kier molecular flexibility index (Phi) is 5.33. The summed E-state index contributed by atoms with van der Waals surface area (Å²) in [5, 5.41) is 6.95. The van der Waals surface area contributed by atoms with E-state index in [0.29, 0.717) is 23.9 Å². The van der Waals surface area contributed by atoms with E-state index in [9.17, 15) is 4.79 Å². The smallest absolute Gasteiger partial charge is 0.231 e. The molecule has 150 valence electrons. The van der Waals surface area contributed by atoms with Crippen molar-refractivity contribution < 1.29 is 23.5 Å². The Morgan fingerprint density at radius 2 is 1.97 bits per heavy atom. The standard InChI is InChI=1S/C21H21N3O5/c1-13(15-5-8-17-18(11-15)28-12-27-17)22-19(25)9-10-20-23-21(24-29-20)14-3-6-16(26-2)7-4-14/h3-8,11,13H,9-10,12H2,1-2H3,(H,22,25). The van der Waals surface area contributed by atoms with Crippen LogP contribution in [-0.4, -0.2) is 30.0 Å². The number of carbonyl (C=O) groups excluding carboxylic acids is 1. The highest BCUT2D eigenvalue weighted by atomic mass is 16.7. The second-order valence-corrected chi connectivity index (χ2v) is 6.64.